The van der Waals surface area contributed by atoms with Gasteiger partial charge in [0.05, 0.1) is 0 Å². The number of nitrogens with zero attached hydrogens (tertiary/aromatic N) is 2. The molecular formula is C12H12N4O3. The van der Waals surface area contributed by atoms with Crippen LogP contribution in [0.2, 0.25) is 0 Å². The number of rotatable bonds is 3. The minimum atomic E-state index is -0.437. The molecule has 0 saturated carbocycles. The van der Waals surface area contributed by atoms with E-state index in [9.17, 15) is 9.59 Å². The van der Waals surface area contributed by atoms with Gasteiger partial charge in [0.15, 0.2) is 5.69 Å². The molecule has 1 heterocycles. The van der Waals surface area contributed by atoms with Gasteiger partial charge >= 0.3 is 0 Å². The van der Waals surface area contributed by atoms with Crippen LogP contribution in [0.1, 0.15) is 26.5 Å². The number of aromatic nitrogens is 2. The lowest BCUT2D eigenvalue weighted by atomic mass is 10.2. The van der Waals surface area contributed by atoms with E-state index >= 15 is 0 Å². The van der Waals surface area contributed by atoms with Crippen LogP contribution >= 0.6 is 0 Å². The van der Waals surface area contributed by atoms with Crippen molar-refractivity contribution in [2.45, 2.75) is 6.92 Å². The second-order valence-electron chi connectivity index (χ2n) is 3.81. The van der Waals surface area contributed by atoms with Crippen LogP contribution < -0.4 is 10.6 Å². The van der Waals surface area contributed by atoms with E-state index in [0.29, 0.717) is 16.9 Å². The lowest BCUT2D eigenvalue weighted by Crippen LogP contribution is -2.18. The van der Waals surface area contributed by atoms with Gasteiger partial charge in [-0.3, -0.25) is 9.59 Å². The number of carbonyl (C=O) groups is 2. The van der Waals surface area contributed by atoms with E-state index in [1.165, 1.54) is 7.05 Å². The van der Waals surface area contributed by atoms with Gasteiger partial charge in [0.2, 0.25) is 0 Å². The summed E-state index contributed by atoms with van der Waals surface area (Å²) in [6.45, 7) is 1.62. The van der Waals surface area contributed by atoms with Crippen molar-refractivity contribution in [3.05, 3.63) is 41.2 Å². The van der Waals surface area contributed by atoms with Crippen LogP contribution in [0.15, 0.2) is 28.9 Å². The van der Waals surface area contributed by atoms with Gasteiger partial charge in [-0.25, -0.2) is 4.63 Å². The van der Waals surface area contributed by atoms with Crippen molar-refractivity contribution in [1.29, 1.82) is 0 Å². The van der Waals surface area contributed by atoms with Gasteiger partial charge in [-0.15, -0.1) is 0 Å². The second-order valence-corrected chi connectivity index (χ2v) is 3.81. The highest BCUT2D eigenvalue weighted by atomic mass is 16.6. The fourth-order valence-electron chi connectivity index (χ4n) is 1.51. The molecular weight excluding hydrogens is 248 g/mol. The zero-order valence-corrected chi connectivity index (χ0v) is 10.4. The van der Waals surface area contributed by atoms with Crippen LogP contribution in [0, 0.1) is 6.92 Å². The highest BCUT2D eigenvalue weighted by molar-refractivity contribution is 6.04. The van der Waals surface area contributed by atoms with Gasteiger partial charge in [0.25, 0.3) is 11.8 Å². The molecule has 7 nitrogen and oxygen atoms in total. The SMILES string of the molecule is CNC(=O)c1cccc(NC(=O)c2nonc2C)c1. The van der Waals surface area contributed by atoms with Gasteiger partial charge in [-0.2, -0.15) is 0 Å². The molecule has 0 radical (unpaired) electrons. The van der Waals surface area contributed by atoms with Gasteiger partial charge in [-0.05, 0) is 30.3 Å². The number of carbonyl (C=O) groups excluding carboxylic acids is 2. The number of nitrogens with one attached hydrogen (secondary N) is 2. The summed E-state index contributed by atoms with van der Waals surface area (Å²) in [6, 6.07) is 6.57. The standard InChI is InChI=1S/C12H12N4O3/c1-7-10(16-19-15-7)12(18)14-9-5-3-4-8(6-9)11(17)13-2/h3-6H,1-2H3,(H,13,17)(H,14,18). The number of aryl methyl sites for hydroxylation is 1. The van der Waals surface area contributed by atoms with Crippen LogP contribution in [-0.2, 0) is 0 Å². The monoisotopic (exact) mass is 260 g/mol. The summed E-state index contributed by atoms with van der Waals surface area (Å²) in [7, 11) is 1.54. The molecule has 19 heavy (non-hydrogen) atoms. The lowest BCUT2D eigenvalue weighted by molar-refractivity contribution is 0.0961. The lowest BCUT2D eigenvalue weighted by Gasteiger charge is -2.05. The Hall–Kier alpha value is -2.70. The Labute approximate surface area is 109 Å². The van der Waals surface area contributed by atoms with Crippen molar-refractivity contribution in [2.24, 2.45) is 0 Å². The Morgan fingerprint density at radius 3 is 2.63 bits per heavy atom. The molecule has 0 aliphatic carbocycles. The summed E-state index contributed by atoms with van der Waals surface area (Å²) in [6.07, 6.45) is 0. The first-order chi connectivity index (χ1) is 9.11. The Kier molecular flexibility index (Phi) is 3.56. The molecule has 0 saturated heterocycles. The van der Waals surface area contributed by atoms with E-state index in [1.807, 2.05) is 0 Å². The maximum atomic E-state index is 11.9. The maximum absolute atomic E-state index is 11.9. The smallest absolute Gasteiger partial charge is 0.279 e. The molecule has 2 N–H and O–H groups in total. The number of benzene rings is 1. The Bertz CT molecular complexity index is 621. The van der Waals surface area contributed by atoms with Crippen LogP contribution in [-0.4, -0.2) is 29.2 Å². The number of amides is 2. The molecule has 1 aromatic carbocycles. The van der Waals surface area contributed by atoms with E-state index < -0.39 is 5.91 Å². The minimum Gasteiger partial charge on any atom is -0.355 e. The molecule has 98 valence electrons. The van der Waals surface area contributed by atoms with E-state index in [4.69, 9.17) is 0 Å². The summed E-state index contributed by atoms with van der Waals surface area (Å²) in [5, 5.41) is 12.2. The quantitative estimate of drug-likeness (QED) is 0.857. The zero-order chi connectivity index (χ0) is 13.8. The van der Waals surface area contributed by atoms with Gasteiger partial charge in [-0.1, -0.05) is 11.2 Å². The average Bonchev–Trinajstić information content (AvgIpc) is 2.84. The van der Waals surface area contributed by atoms with E-state index in [0.717, 1.165) is 0 Å². The first kappa shape index (κ1) is 12.7. The third-order valence-electron chi connectivity index (χ3n) is 2.48. The van der Waals surface area contributed by atoms with Gasteiger partial charge in [0, 0.05) is 18.3 Å². The maximum Gasteiger partial charge on any atom is 0.279 e. The number of anilines is 1. The molecule has 0 bridgehead atoms. The van der Waals surface area contributed by atoms with Crippen LogP contribution in [0.5, 0.6) is 0 Å². The molecule has 2 amide bonds. The van der Waals surface area contributed by atoms with Crippen molar-refractivity contribution in [3.63, 3.8) is 0 Å². The fourth-order valence-corrected chi connectivity index (χ4v) is 1.51. The number of hydrogen-bond donors (Lipinski definition) is 2. The van der Waals surface area contributed by atoms with E-state index in [2.05, 4.69) is 25.6 Å². The van der Waals surface area contributed by atoms with Crippen molar-refractivity contribution in [2.75, 3.05) is 12.4 Å². The average molecular weight is 260 g/mol. The summed E-state index contributed by atoms with van der Waals surface area (Å²) >= 11 is 0. The van der Waals surface area contributed by atoms with Crippen LogP contribution in [0.25, 0.3) is 0 Å². The molecule has 0 unspecified atom stereocenters. The predicted molar refractivity (Wildman–Crippen MR) is 66.8 cm³/mol. The summed E-state index contributed by atoms with van der Waals surface area (Å²) in [4.78, 5) is 23.3. The van der Waals surface area contributed by atoms with E-state index in [1.54, 1.807) is 31.2 Å². The molecule has 1 aromatic heterocycles. The largest absolute Gasteiger partial charge is 0.355 e. The van der Waals surface area contributed by atoms with Crippen LogP contribution in [0.4, 0.5) is 5.69 Å². The summed E-state index contributed by atoms with van der Waals surface area (Å²) < 4.78 is 4.46. The topological polar surface area (TPSA) is 97.1 Å². The molecule has 2 aromatic rings. The first-order valence-corrected chi connectivity index (χ1v) is 5.54. The van der Waals surface area contributed by atoms with Crippen molar-refractivity contribution < 1.29 is 14.2 Å². The molecule has 7 heteroatoms. The van der Waals surface area contributed by atoms with Crippen molar-refractivity contribution >= 4 is 17.5 Å². The summed E-state index contributed by atoms with van der Waals surface area (Å²) in [5.74, 6) is -0.664. The molecule has 0 aliphatic rings. The highest BCUT2D eigenvalue weighted by Crippen LogP contribution is 2.12. The van der Waals surface area contributed by atoms with E-state index in [-0.39, 0.29) is 11.6 Å². The highest BCUT2D eigenvalue weighted by Gasteiger charge is 2.15. The Morgan fingerprint density at radius 1 is 1.21 bits per heavy atom. The van der Waals surface area contributed by atoms with Crippen molar-refractivity contribution in [3.8, 4) is 0 Å². The van der Waals surface area contributed by atoms with Gasteiger partial charge < -0.3 is 10.6 Å². The minimum absolute atomic E-state index is 0.116. The third-order valence-corrected chi connectivity index (χ3v) is 2.48. The molecule has 0 spiro atoms. The molecule has 0 fully saturated rings. The summed E-state index contributed by atoms with van der Waals surface area (Å²) in [5.41, 5.74) is 1.47. The second kappa shape index (κ2) is 5.30. The van der Waals surface area contributed by atoms with Crippen molar-refractivity contribution in [1.82, 2.24) is 15.6 Å². The van der Waals surface area contributed by atoms with Gasteiger partial charge in [0.1, 0.15) is 5.69 Å². The number of hydrogen-bond acceptors (Lipinski definition) is 5. The Morgan fingerprint density at radius 2 is 2.00 bits per heavy atom. The predicted octanol–water partition coefficient (Wildman–Crippen LogP) is 0.990. The zero-order valence-electron chi connectivity index (χ0n) is 10.4. The molecule has 0 atom stereocenters. The Balaban J connectivity index is 2.18. The third kappa shape index (κ3) is 2.76. The first-order valence-electron chi connectivity index (χ1n) is 5.54. The van der Waals surface area contributed by atoms with Crippen LogP contribution in [0.3, 0.4) is 0 Å². The normalized spacial score (nSPS) is 10.0. The molecule has 0 aliphatic heterocycles. The molecule has 2 rings (SSSR count). The fraction of sp³-hybridized carbons (Fsp3) is 0.167.